The van der Waals surface area contributed by atoms with E-state index in [0.717, 1.165) is 42.4 Å². The molecule has 1 saturated carbocycles. The molecule has 0 aromatic heterocycles. The molecule has 1 N–H and O–H groups in total. The van der Waals surface area contributed by atoms with Gasteiger partial charge in [-0.2, -0.15) is 14.8 Å². The monoisotopic (exact) mass is 504 g/mol. The zero-order valence-electron chi connectivity index (χ0n) is 20.4. The van der Waals surface area contributed by atoms with Crippen molar-refractivity contribution in [3.8, 4) is 23.3 Å². The van der Waals surface area contributed by atoms with Crippen molar-refractivity contribution in [3.05, 3.63) is 54.1 Å². The summed E-state index contributed by atoms with van der Waals surface area (Å²) >= 11 is 0. The van der Waals surface area contributed by atoms with E-state index in [1.165, 1.54) is 10.7 Å². The molecule has 7 nitrogen and oxygen atoms in total. The summed E-state index contributed by atoms with van der Waals surface area (Å²) in [6.07, 6.45) is 6.70. The number of nitrogens with one attached hydrogen (secondary N) is 1. The fourth-order valence-corrected chi connectivity index (χ4v) is 6.52. The predicted molar refractivity (Wildman–Crippen MR) is 137 cm³/mol. The Hall–Kier alpha value is -3.20. The molecule has 4 rings (SSSR count). The molecule has 0 spiro atoms. The summed E-state index contributed by atoms with van der Waals surface area (Å²) in [6, 6.07) is 18.5. The van der Waals surface area contributed by atoms with Gasteiger partial charge in [-0.05, 0) is 54.5 Å². The lowest BCUT2D eigenvalue weighted by Crippen LogP contribution is -2.40. The van der Waals surface area contributed by atoms with Gasteiger partial charge in [0.15, 0.2) is 0 Å². The van der Waals surface area contributed by atoms with E-state index in [4.69, 9.17) is 5.26 Å². The van der Waals surface area contributed by atoms with E-state index in [1.54, 1.807) is 24.3 Å². The minimum atomic E-state index is -3.58. The molecule has 1 aliphatic heterocycles. The van der Waals surface area contributed by atoms with Crippen molar-refractivity contribution in [1.29, 1.82) is 10.5 Å². The highest BCUT2D eigenvalue weighted by atomic mass is 32.2. The Morgan fingerprint density at radius 3 is 2.06 bits per heavy atom. The van der Waals surface area contributed by atoms with Gasteiger partial charge in [0.2, 0.25) is 15.9 Å². The average molecular weight is 505 g/mol. The van der Waals surface area contributed by atoms with Gasteiger partial charge in [0.05, 0.1) is 17.0 Å². The Bertz CT molecular complexity index is 1230. The fourth-order valence-electron chi connectivity index (χ4n) is 5.05. The molecule has 1 heterocycles. The zero-order chi connectivity index (χ0) is 25.5. The van der Waals surface area contributed by atoms with Crippen LogP contribution in [0.1, 0.15) is 50.5 Å². The molecule has 0 radical (unpaired) electrons. The first-order valence-electron chi connectivity index (χ1n) is 12.7. The largest absolute Gasteiger partial charge is 0.340 e. The van der Waals surface area contributed by atoms with Crippen LogP contribution in [0.2, 0.25) is 0 Å². The molecule has 1 amide bonds. The number of nitrogens with zero attached hydrogens (tertiary/aromatic N) is 3. The molecule has 2 aromatic rings. The van der Waals surface area contributed by atoms with E-state index in [-0.39, 0.29) is 22.6 Å². The number of sulfonamides is 1. The van der Waals surface area contributed by atoms with Crippen LogP contribution in [-0.2, 0) is 21.2 Å². The molecule has 8 heteroatoms. The standard InChI is InChI=1S/C28H32N4O3S/c29-19-22-14-16-32(17-15-22)36(34,35)27-12-10-24(11-13-27)23-8-6-21(7-9-23)18-26(20-30)31-28(33)25-4-2-1-3-5-25/h6-13,22,25-26H,1-5,14-18H2,(H,31,33)/t26-/m0/s1. The number of amides is 1. The normalized spacial score (nSPS) is 18.6. The summed E-state index contributed by atoms with van der Waals surface area (Å²) in [5.74, 6) is -0.0612. The molecule has 2 aliphatic rings. The minimum Gasteiger partial charge on any atom is -0.340 e. The zero-order valence-corrected chi connectivity index (χ0v) is 21.2. The average Bonchev–Trinajstić information content (AvgIpc) is 2.93. The Balaban J connectivity index is 1.37. The van der Waals surface area contributed by atoms with Gasteiger partial charge in [-0.1, -0.05) is 55.7 Å². The SMILES string of the molecule is N#CC1CCN(S(=O)(=O)c2ccc(-c3ccc(C[C@@H](C#N)NC(=O)C4CCCCC4)cc3)cc2)CC1. The summed E-state index contributed by atoms with van der Waals surface area (Å²) in [4.78, 5) is 12.8. The second kappa shape index (κ2) is 11.7. The van der Waals surface area contributed by atoms with Crippen molar-refractivity contribution >= 4 is 15.9 Å². The van der Waals surface area contributed by atoms with Gasteiger partial charge in [0.1, 0.15) is 6.04 Å². The third-order valence-corrected chi connectivity index (χ3v) is 9.22. The Kier molecular flexibility index (Phi) is 8.40. The van der Waals surface area contributed by atoms with Crippen LogP contribution in [0.4, 0.5) is 0 Å². The number of nitriles is 2. The van der Waals surface area contributed by atoms with Crippen molar-refractivity contribution in [2.24, 2.45) is 11.8 Å². The molecule has 1 atom stereocenters. The quantitative estimate of drug-likeness (QED) is 0.600. The first-order chi connectivity index (χ1) is 17.4. The highest BCUT2D eigenvalue weighted by Crippen LogP contribution is 2.27. The maximum Gasteiger partial charge on any atom is 0.243 e. The van der Waals surface area contributed by atoms with Gasteiger partial charge in [0, 0.05) is 31.3 Å². The van der Waals surface area contributed by atoms with Crippen LogP contribution in [0.5, 0.6) is 0 Å². The van der Waals surface area contributed by atoms with Gasteiger partial charge >= 0.3 is 0 Å². The number of benzene rings is 2. The molecule has 1 saturated heterocycles. The van der Waals surface area contributed by atoms with Crippen LogP contribution in [0.25, 0.3) is 11.1 Å². The van der Waals surface area contributed by atoms with Gasteiger partial charge in [-0.25, -0.2) is 8.42 Å². The summed E-state index contributed by atoms with van der Waals surface area (Å²) < 4.78 is 27.4. The fraction of sp³-hybridized carbons (Fsp3) is 0.464. The number of hydrogen-bond acceptors (Lipinski definition) is 5. The lowest BCUT2D eigenvalue weighted by molar-refractivity contribution is -0.126. The minimum absolute atomic E-state index is 0.0117. The van der Waals surface area contributed by atoms with Crippen LogP contribution >= 0.6 is 0 Å². The van der Waals surface area contributed by atoms with E-state index in [9.17, 15) is 18.5 Å². The summed E-state index contributed by atoms with van der Waals surface area (Å²) in [5.41, 5.74) is 2.79. The van der Waals surface area contributed by atoms with E-state index in [0.29, 0.717) is 32.4 Å². The summed E-state index contributed by atoms with van der Waals surface area (Å²) in [7, 11) is -3.58. The molecule has 188 valence electrons. The van der Waals surface area contributed by atoms with Crippen molar-refractivity contribution in [2.75, 3.05) is 13.1 Å². The third kappa shape index (κ3) is 6.13. The third-order valence-electron chi connectivity index (χ3n) is 7.30. The van der Waals surface area contributed by atoms with Crippen LogP contribution in [0.15, 0.2) is 53.4 Å². The number of carbonyl (C=O) groups is 1. The highest BCUT2D eigenvalue weighted by Gasteiger charge is 2.29. The van der Waals surface area contributed by atoms with Crippen LogP contribution in [0, 0.1) is 34.5 Å². The summed E-state index contributed by atoms with van der Waals surface area (Å²) in [6.45, 7) is 0.739. The molecule has 2 fully saturated rings. The van der Waals surface area contributed by atoms with E-state index >= 15 is 0 Å². The topological polar surface area (TPSA) is 114 Å². The Morgan fingerprint density at radius 2 is 1.50 bits per heavy atom. The van der Waals surface area contributed by atoms with Gasteiger partial charge in [-0.15, -0.1) is 0 Å². The molecular formula is C28H32N4O3S. The molecular weight excluding hydrogens is 472 g/mol. The van der Waals surface area contributed by atoms with Crippen molar-refractivity contribution < 1.29 is 13.2 Å². The number of piperidine rings is 1. The summed E-state index contributed by atoms with van der Waals surface area (Å²) in [5, 5.41) is 21.5. The van der Waals surface area contributed by atoms with Gasteiger partial charge < -0.3 is 5.32 Å². The molecule has 0 unspecified atom stereocenters. The van der Waals surface area contributed by atoms with Gasteiger partial charge in [0.25, 0.3) is 0 Å². The lowest BCUT2D eigenvalue weighted by atomic mass is 9.88. The highest BCUT2D eigenvalue weighted by molar-refractivity contribution is 7.89. The maximum absolute atomic E-state index is 13.0. The van der Waals surface area contributed by atoms with E-state index < -0.39 is 16.1 Å². The number of hydrogen-bond donors (Lipinski definition) is 1. The first kappa shape index (κ1) is 25.9. The first-order valence-corrected chi connectivity index (χ1v) is 14.1. The second-order valence-electron chi connectivity index (χ2n) is 9.76. The van der Waals surface area contributed by atoms with E-state index in [1.807, 2.05) is 24.3 Å². The number of rotatable bonds is 7. The van der Waals surface area contributed by atoms with Crippen molar-refractivity contribution in [1.82, 2.24) is 9.62 Å². The second-order valence-corrected chi connectivity index (χ2v) is 11.7. The van der Waals surface area contributed by atoms with Crippen LogP contribution < -0.4 is 5.32 Å². The van der Waals surface area contributed by atoms with Crippen LogP contribution in [0.3, 0.4) is 0 Å². The smallest absolute Gasteiger partial charge is 0.243 e. The lowest BCUT2D eigenvalue weighted by Gasteiger charge is -2.28. The predicted octanol–water partition coefficient (Wildman–Crippen LogP) is 4.41. The van der Waals surface area contributed by atoms with Gasteiger partial charge in [-0.3, -0.25) is 4.79 Å². The Labute approximate surface area is 213 Å². The Morgan fingerprint density at radius 1 is 0.917 bits per heavy atom. The molecule has 2 aromatic carbocycles. The number of carbonyl (C=O) groups excluding carboxylic acids is 1. The van der Waals surface area contributed by atoms with Crippen LogP contribution in [-0.4, -0.2) is 37.8 Å². The molecule has 1 aliphatic carbocycles. The van der Waals surface area contributed by atoms with Crippen molar-refractivity contribution in [2.45, 2.75) is 62.3 Å². The molecule has 36 heavy (non-hydrogen) atoms. The maximum atomic E-state index is 13.0. The van der Waals surface area contributed by atoms with E-state index in [2.05, 4.69) is 17.5 Å². The van der Waals surface area contributed by atoms with Crippen molar-refractivity contribution in [3.63, 3.8) is 0 Å². The molecule has 0 bridgehead atoms.